The zero-order valence-corrected chi connectivity index (χ0v) is 20.6. The maximum absolute atomic E-state index is 14.8. The standard InChI is InChI=1S/C23H27FN4O6S/c1-23(22(30)26-31,35(4,32)33)9-10-28-14-25-20-12-16(6-8-18(20)21(28)29)17-7-5-15(11-19(17)24)13-27(2)34-3/h5-8,11-12,14,31H,9-10,13H2,1-4H3,(H,26,30). The van der Waals surface area contributed by atoms with Gasteiger partial charge in [-0.1, -0.05) is 18.2 Å². The second-order valence-corrected chi connectivity index (χ2v) is 10.9. The largest absolute Gasteiger partial charge is 0.302 e. The Morgan fingerprint density at radius 3 is 2.60 bits per heavy atom. The van der Waals surface area contributed by atoms with Crippen molar-refractivity contribution in [1.82, 2.24) is 20.1 Å². The second-order valence-electron chi connectivity index (χ2n) is 8.45. The van der Waals surface area contributed by atoms with E-state index in [1.54, 1.807) is 36.4 Å². The predicted octanol–water partition coefficient (Wildman–Crippen LogP) is 1.89. The maximum Gasteiger partial charge on any atom is 0.264 e. The Bertz CT molecular complexity index is 1430. The molecule has 2 aromatic carbocycles. The molecule has 0 aliphatic heterocycles. The molecule has 10 nitrogen and oxygen atoms in total. The summed E-state index contributed by atoms with van der Waals surface area (Å²) in [5.74, 6) is -1.52. The normalized spacial score (nSPS) is 13.7. The number of carbonyl (C=O) groups is 1. The molecule has 35 heavy (non-hydrogen) atoms. The molecule has 2 N–H and O–H groups in total. The van der Waals surface area contributed by atoms with Gasteiger partial charge in [0.2, 0.25) is 0 Å². The number of aryl methyl sites for hydroxylation is 1. The molecule has 12 heteroatoms. The molecule has 1 unspecified atom stereocenters. The molecule has 1 heterocycles. The summed E-state index contributed by atoms with van der Waals surface area (Å²) in [7, 11) is -0.649. The van der Waals surface area contributed by atoms with Gasteiger partial charge >= 0.3 is 0 Å². The number of fused-ring (bicyclic) bond motifs is 1. The Kier molecular flexibility index (Phi) is 7.70. The molecular formula is C23H27FN4O6S. The minimum Gasteiger partial charge on any atom is -0.302 e. The maximum atomic E-state index is 14.8. The molecule has 1 aromatic heterocycles. The molecule has 0 aliphatic carbocycles. The monoisotopic (exact) mass is 506 g/mol. The summed E-state index contributed by atoms with van der Waals surface area (Å²) < 4.78 is 38.3. The number of hydroxylamine groups is 3. The summed E-state index contributed by atoms with van der Waals surface area (Å²) >= 11 is 0. The van der Waals surface area contributed by atoms with Crippen molar-refractivity contribution >= 4 is 26.6 Å². The summed E-state index contributed by atoms with van der Waals surface area (Å²) in [5, 5.41) is 10.8. The van der Waals surface area contributed by atoms with Crippen LogP contribution in [-0.4, -0.2) is 59.3 Å². The first-order valence-electron chi connectivity index (χ1n) is 10.6. The molecular weight excluding hydrogens is 479 g/mol. The van der Waals surface area contributed by atoms with Crippen LogP contribution in [0.15, 0.2) is 47.5 Å². The van der Waals surface area contributed by atoms with E-state index in [2.05, 4.69) is 4.98 Å². The minimum absolute atomic E-state index is 0.132. The van der Waals surface area contributed by atoms with E-state index in [-0.39, 0.29) is 18.4 Å². The van der Waals surface area contributed by atoms with Crippen LogP contribution in [0.3, 0.4) is 0 Å². The fourth-order valence-electron chi connectivity index (χ4n) is 3.62. The number of hydrogen-bond donors (Lipinski definition) is 2. The molecule has 188 valence electrons. The zero-order chi connectivity index (χ0) is 26.0. The van der Waals surface area contributed by atoms with Crippen LogP contribution in [0.25, 0.3) is 22.0 Å². The molecule has 0 saturated carbocycles. The van der Waals surface area contributed by atoms with Crippen LogP contribution in [0.5, 0.6) is 0 Å². The number of aromatic nitrogens is 2. The van der Waals surface area contributed by atoms with Gasteiger partial charge < -0.3 is 4.84 Å². The molecule has 0 radical (unpaired) electrons. The van der Waals surface area contributed by atoms with Crippen molar-refractivity contribution in [2.75, 3.05) is 20.4 Å². The number of nitrogens with one attached hydrogen (secondary N) is 1. The highest BCUT2D eigenvalue weighted by Crippen LogP contribution is 2.26. The average molecular weight is 507 g/mol. The number of nitrogens with zero attached hydrogens (tertiary/aromatic N) is 3. The first-order chi connectivity index (χ1) is 16.4. The Morgan fingerprint density at radius 1 is 1.29 bits per heavy atom. The van der Waals surface area contributed by atoms with Gasteiger partial charge in [-0.2, -0.15) is 5.06 Å². The molecule has 3 aromatic rings. The zero-order valence-electron chi connectivity index (χ0n) is 19.8. The second kappa shape index (κ2) is 10.2. The third kappa shape index (κ3) is 5.40. The van der Waals surface area contributed by atoms with E-state index in [1.807, 2.05) is 0 Å². The Hall–Kier alpha value is -3.19. The lowest BCUT2D eigenvalue weighted by molar-refractivity contribution is -0.131. The van der Waals surface area contributed by atoms with E-state index >= 15 is 0 Å². The van der Waals surface area contributed by atoms with Gasteiger partial charge in [0.1, 0.15) is 5.82 Å². The summed E-state index contributed by atoms with van der Waals surface area (Å²) in [6.45, 7) is 1.45. The quantitative estimate of drug-likeness (QED) is 0.332. The van der Waals surface area contributed by atoms with Gasteiger partial charge in [-0.15, -0.1) is 0 Å². The Balaban J connectivity index is 1.91. The average Bonchev–Trinajstić information content (AvgIpc) is 2.82. The first kappa shape index (κ1) is 26.4. The van der Waals surface area contributed by atoms with Crippen molar-refractivity contribution in [3.05, 3.63) is 64.5 Å². The van der Waals surface area contributed by atoms with E-state index in [1.165, 1.54) is 42.5 Å². The highest BCUT2D eigenvalue weighted by Gasteiger charge is 2.43. The van der Waals surface area contributed by atoms with Crippen LogP contribution in [0.4, 0.5) is 4.39 Å². The fourth-order valence-corrected chi connectivity index (χ4v) is 4.46. The van der Waals surface area contributed by atoms with Crippen molar-refractivity contribution in [3.63, 3.8) is 0 Å². The van der Waals surface area contributed by atoms with Crippen LogP contribution in [0.1, 0.15) is 18.9 Å². The van der Waals surface area contributed by atoms with Crippen LogP contribution in [0.2, 0.25) is 0 Å². The van der Waals surface area contributed by atoms with Crippen molar-refractivity contribution < 1.29 is 27.6 Å². The predicted molar refractivity (Wildman–Crippen MR) is 128 cm³/mol. The summed E-state index contributed by atoms with van der Waals surface area (Å²) in [4.78, 5) is 34.3. The summed E-state index contributed by atoms with van der Waals surface area (Å²) in [5.41, 5.74) is 2.88. The van der Waals surface area contributed by atoms with Crippen molar-refractivity contribution in [2.24, 2.45) is 0 Å². The van der Waals surface area contributed by atoms with Gasteiger partial charge in [-0.25, -0.2) is 23.3 Å². The smallest absolute Gasteiger partial charge is 0.264 e. The molecule has 0 saturated heterocycles. The van der Waals surface area contributed by atoms with Crippen LogP contribution < -0.4 is 11.0 Å². The van der Waals surface area contributed by atoms with Gasteiger partial charge in [0.25, 0.3) is 11.5 Å². The number of amides is 1. The molecule has 1 atom stereocenters. The molecule has 3 rings (SSSR count). The Morgan fingerprint density at radius 2 is 2.00 bits per heavy atom. The van der Waals surface area contributed by atoms with E-state index in [9.17, 15) is 22.4 Å². The van der Waals surface area contributed by atoms with Gasteiger partial charge in [0, 0.05) is 32.0 Å². The number of sulfone groups is 1. The third-order valence-corrected chi connectivity index (χ3v) is 8.14. The van der Waals surface area contributed by atoms with E-state index < -0.39 is 31.9 Å². The van der Waals surface area contributed by atoms with Gasteiger partial charge in [-0.05, 0) is 42.7 Å². The van der Waals surface area contributed by atoms with Gasteiger partial charge in [0.05, 0.1) is 24.3 Å². The summed E-state index contributed by atoms with van der Waals surface area (Å²) in [6, 6.07) is 9.58. The molecule has 0 aliphatic rings. The van der Waals surface area contributed by atoms with Gasteiger partial charge in [-0.3, -0.25) is 19.4 Å². The number of rotatable bonds is 9. The molecule has 0 fully saturated rings. The minimum atomic E-state index is -3.91. The highest BCUT2D eigenvalue weighted by molar-refractivity contribution is 7.92. The number of carbonyl (C=O) groups excluding carboxylic acids is 1. The first-order valence-corrected chi connectivity index (χ1v) is 12.5. The van der Waals surface area contributed by atoms with Crippen molar-refractivity contribution in [2.45, 2.75) is 31.2 Å². The van der Waals surface area contributed by atoms with Crippen molar-refractivity contribution in [1.29, 1.82) is 0 Å². The van der Waals surface area contributed by atoms with Crippen LogP contribution >= 0.6 is 0 Å². The number of halogens is 1. The molecule has 1 amide bonds. The summed E-state index contributed by atoms with van der Waals surface area (Å²) in [6.07, 6.45) is 1.86. The highest BCUT2D eigenvalue weighted by atomic mass is 32.2. The lowest BCUT2D eigenvalue weighted by Crippen LogP contribution is -2.50. The third-order valence-electron chi connectivity index (χ3n) is 6.12. The fraction of sp³-hybridized carbons (Fsp3) is 0.348. The molecule has 0 spiro atoms. The van der Waals surface area contributed by atoms with E-state index in [4.69, 9.17) is 10.0 Å². The molecule has 0 bridgehead atoms. The van der Waals surface area contributed by atoms with Crippen molar-refractivity contribution in [3.8, 4) is 11.1 Å². The van der Waals surface area contributed by atoms with E-state index in [0.29, 0.717) is 23.2 Å². The lowest BCUT2D eigenvalue weighted by atomic mass is 10.0. The van der Waals surface area contributed by atoms with Gasteiger partial charge in [0.15, 0.2) is 14.6 Å². The topological polar surface area (TPSA) is 131 Å². The van der Waals surface area contributed by atoms with Crippen LogP contribution in [-0.2, 0) is 32.6 Å². The van der Waals surface area contributed by atoms with E-state index in [0.717, 1.165) is 11.8 Å². The SMILES string of the molecule is CON(C)Cc1ccc(-c2ccc3c(=O)n(CCC(C)(C(=O)NO)S(C)(=O)=O)cnc3c2)c(F)c1. The number of benzene rings is 2. The Labute approximate surface area is 201 Å². The van der Waals surface area contributed by atoms with Crippen LogP contribution in [0, 0.1) is 5.82 Å². The number of hydrogen-bond acceptors (Lipinski definition) is 8. The lowest BCUT2D eigenvalue weighted by Gasteiger charge is -2.25.